The Labute approximate surface area is 200 Å². The SMILES string of the molecule is C[C@@H]1CC[C@@]2(OC1)O[C@H]1C[C@H]3[C@@H]4CC[C@H]5CC6(CC[C@]5(C)[C@H]4CC[C@]3(C)[C@H]1[C@H]2C)OCCO6. The van der Waals surface area contributed by atoms with E-state index in [1.165, 1.54) is 44.9 Å². The van der Waals surface area contributed by atoms with Crippen LogP contribution in [0.1, 0.15) is 91.9 Å². The second-order valence-corrected chi connectivity index (χ2v) is 14.0. The zero-order chi connectivity index (χ0) is 22.6. The van der Waals surface area contributed by atoms with Crippen LogP contribution in [0.4, 0.5) is 0 Å². The second-order valence-electron chi connectivity index (χ2n) is 14.0. The van der Waals surface area contributed by atoms with Crippen LogP contribution in [0.25, 0.3) is 0 Å². The molecule has 11 atom stereocenters. The molecule has 4 heteroatoms. The van der Waals surface area contributed by atoms with Crippen LogP contribution in [-0.4, -0.2) is 37.5 Å². The van der Waals surface area contributed by atoms with Crippen LogP contribution >= 0.6 is 0 Å². The third kappa shape index (κ3) is 2.90. The van der Waals surface area contributed by atoms with Gasteiger partial charge in [-0.2, -0.15) is 0 Å². The number of rotatable bonds is 0. The van der Waals surface area contributed by atoms with Crippen molar-refractivity contribution in [2.75, 3.05) is 19.8 Å². The lowest BCUT2D eigenvalue weighted by molar-refractivity contribution is -0.273. The molecule has 0 bridgehead atoms. The van der Waals surface area contributed by atoms with E-state index in [0.29, 0.717) is 34.7 Å². The molecule has 3 heterocycles. The van der Waals surface area contributed by atoms with Gasteiger partial charge in [0.2, 0.25) is 0 Å². The van der Waals surface area contributed by atoms with Crippen LogP contribution in [0.5, 0.6) is 0 Å². The van der Waals surface area contributed by atoms with Crippen LogP contribution in [0.2, 0.25) is 0 Å². The monoisotopic (exact) mass is 458 g/mol. The van der Waals surface area contributed by atoms with Crippen molar-refractivity contribution in [3.05, 3.63) is 0 Å². The van der Waals surface area contributed by atoms with E-state index in [-0.39, 0.29) is 11.6 Å². The van der Waals surface area contributed by atoms with Crippen molar-refractivity contribution < 1.29 is 18.9 Å². The largest absolute Gasteiger partial charge is 0.349 e. The van der Waals surface area contributed by atoms with E-state index in [9.17, 15) is 0 Å². The normalized spacial score (nSPS) is 59.3. The summed E-state index contributed by atoms with van der Waals surface area (Å²) in [5.74, 6) is 4.73. The van der Waals surface area contributed by atoms with Crippen LogP contribution in [0.15, 0.2) is 0 Å². The van der Waals surface area contributed by atoms with E-state index >= 15 is 0 Å². The number of ether oxygens (including phenoxy) is 4. The fraction of sp³-hybridized carbons (Fsp3) is 1.00. The van der Waals surface area contributed by atoms with Gasteiger partial charge >= 0.3 is 0 Å². The Morgan fingerprint density at radius 1 is 0.758 bits per heavy atom. The zero-order valence-electron chi connectivity index (χ0n) is 21.4. The van der Waals surface area contributed by atoms with Gasteiger partial charge in [0, 0.05) is 25.2 Å². The summed E-state index contributed by atoms with van der Waals surface area (Å²) in [7, 11) is 0. The van der Waals surface area contributed by atoms with Gasteiger partial charge in [-0.3, -0.25) is 0 Å². The molecule has 4 aliphatic carbocycles. The summed E-state index contributed by atoms with van der Waals surface area (Å²) >= 11 is 0. The summed E-state index contributed by atoms with van der Waals surface area (Å²) in [5, 5.41) is 0. The number of hydrogen-bond donors (Lipinski definition) is 0. The molecule has 3 aliphatic heterocycles. The molecule has 0 aromatic carbocycles. The highest BCUT2D eigenvalue weighted by atomic mass is 16.7. The van der Waals surface area contributed by atoms with Crippen LogP contribution in [0.3, 0.4) is 0 Å². The van der Waals surface area contributed by atoms with Gasteiger partial charge in [-0.15, -0.1) is 0 Å². The second kappa shape index (κ2) is 7.20. The number of hydrogen-bond acceptors (Lipinski definition) is 4. The quantitative estimate of drug-likeness (QED) is 0.435. The van der Waals surface area contributed by atoms with E-state index < -0.39 is 0 Å². The Morgan fingerprint density at radius 2 is 1.58 bits per heavy atom. The molecule has 0 unspecified atom stereocenters. The average molecular weight is 459 g/mol. The average Bonchev–Trinajstić information content (AvgIpc) is 3.44. The van der Waals surface area contributed by atoms with E-state index in [0.717, 1.165) is 62.8 Å². The molecule has 4 saturated carbocycles. The third-order valence-corrected chi connectivity index (χ3v) is 12.7. The summed E-state index contributed by atoms with van der Waals surface area (Å²) in [6.45, 7) is 12.6. The van der Waals surface area contributed by atoms with Crippen LogP contribution < -0.4 is 0 Å². The molecule has 7 rings (SSSR count). The molecular formula is C29H46O4. The summed E-state index contributed by atoms with van der Waals surface area (Å²) in [6, 6.07) is 0. The first-order valence-corrected chi connectivity index (χ1v) is 14.4. The van der Waals surface area contributed by atoms with Gasteiger partial charge < -0.3 is 18.9 Å². The van der Waals surface area contributed by atoms with Gasteiger partial charge in [0.25, 0.3) is 0 Å². The molecule has 0 amide bonds. The van der Waals surface area contributed by atoms with Crippen molar-refractivity contribution in [3.63, 3.8) is 0 Å². The molecule has 4 nitrogen and oxygen atoms in total. The van der Waals surface area contributed by atoms with Crippen LogP contribution in [-0.2, 0) is 18.9 Å². The fourth-order valence-corrected chi connectivity index (χ4v) is 11.0. The van der Waals surface area contributed by atoms with Crippen molar-refractivity contribution in [2.24, 2.45) is 52.3 Å². The molecule has 7 aliphatic rings. The zero-order valence-corrected chi connectivity index (χ0v) is 21.4. The van der Waals surface area contributed by atoms with Gasteiger partial charge in [-0.25, -0.2) is 0 Å². The minimum atomic E-state index is -0.282. The first kappa shape index (κ1) is 22.1. The predicted octanol–water partition coefficient (Wildman–Crippen LogP) is 6.18. The third-order valence-electron chi connectivity index (χ3n) is 12.7. The molecule has 186 valence electrons. The Bertz CT molecular complexity index is 782. The van der Waals surface area contributed by atoms with Gasteiger partial charge in [0.15, 0.2) is 11.6 Å². The smallest absolute Gasteiger partial charge is 0.171 e. The highest BCUT2D eigenvalue weighted by molar-refractivity contribution is 5.15. The Hall–Kier alpha value is -0.160. The molecule has 0 N–H and O–H groups in total. The van der Waals surface area contributed by atoms with Gasteiger partial charge in [-0.1, -0.05) is 27.7 Å². The van der Waals surface area contributed by atoms with Crippen molar-refractivity contribution in [2.45, 2.75) is 110 Å². The topological polar surface area (TPSA) is 36.9 Å². The first-order chi connectivity index (χ1) is 15.8. The lowest BCUT2D eigenvalue weighted by Crippen LogP contribution is -2.56. The first-order valence-electron chi connectivity index (χ1n) is 14.4. The molecule has 0 aromatic heterocycles. The lowest BCUT2D eigenvalue weighted by Gasteiger charge is -2.62. The Balaban J connectivity index is 1.13. The van der Waals surface area contributed by atoms with Crippen LogP contribution in [0, 0.1) is 52.3 Å². The minimum absolute atomic E-state index is 0.236. The summed E-state index contributed by atoms with van der Waals surface area (Å²) in [4.78, 5) is 0. The maximum atomic E-state index is 6.95. The Kier molecular flexibility index (Phi) is 4.82. The van der Waals surface area contributed by atoms with E-state index in [2.05, 4.69) is 27.7 Å². The van der Waals surface area contributed by atoms with E-state index in [1.807, 2.05) is 0 Å². The molecule has 3 saturated heterocycles. The summed E-state index contributed by atoms with van der Waals surface area (Å²) < 4.78 is 25.8. The van der Waals surface area contributed by atoms with Crippen molar-refractivity contribution in [1.82, 2.24) is 0 Å². The van der Waals surface area contributed by atoms with Crippen molar-refractivity contribution in [1.29, 1.82) is 0 Å². The summed E-state index contributed by atoms with van der Waals surface area (Å²) in [6.07, 6.45) is 13.2. The van der Waals surface area contributed by atoms with Crippen molar-refractivity contribution in [3.8, 4) is 0 Å². The maximum absolute atomic E-state index is 6.95. The molecule has 33 heavy (non-hydrogen) atoms. The van der Waals surface area contributed by atoms with Gasteiger partial charge in [0.05, 0.1) is 25.9 Å². The molecule has 7 fully saturated rings. The molecule has 0 aromatic rings. The standard InChI is InChI=1S/C29H46O4/c1-18-7-10-29(32-17-18)19(2)25-24(33-29)15-23-21-6-5-20-16-28(30-13-14-31-28)12-11-26(20,3)22(21)8-9-27(23,25)4/h18-25H,5-17H2,1-4H3/t18-,19-,20+,21-,22+,23+,24+,25+,26+,27+,29-/m1/s1. The fourth-order valence-electron chi connectivity index (χ4n) is 11.0. The molecular weight excluding hydrogens is 412 g/mol. The van der Waals surface area contributed by atoms with Gasteiger partial charge in [0.1, 0.15) is 0 Å². The molecule has 0 radical (unpaired) electrons. The lowest BCUT2D eigenvalue weighted by atomic mass is 9.44. The highest BCUT2D eigenvalue weighted by Gasteiger charge is 2.69. The maximum Gasteiger partial charge on any atom is 0.171 e. The molecule has 2 spiro atoms. The number of fused-ring (bicyclic) bond motifs is 7. The minimum Gasteiger partial charge on any atom is -0.349 e. The highest BCUT2D eigenvalue weighted by Crippen LogP contribution is 2.71. The van der Waals surface area contributed by atoms with E-state index in [1.54, 1.807) is 0 Å². The van der Waals surface area contributed by atoms with Gasteiger partial charge in [-0.05, 0) is 91.3 Å². The summed E-state index contributed by atoms with van der Waals surface area (Å²) in [5.41, 5.74) is 0.900. The van der Waals surface area contributed by atoms with Crippen molar-refractivity contribution >= 4 is 0 Å². The Morgan fingerprint density at radius 3 is 2.33 bits per heavy atom. The predicted molar refractivity (Wildman–Crippen MR) is 126 cm³/mol. The van der Waals surface area contributed by atoms with E-state index in [4.69, 9.17) is 18.9 Å².